The first-order valence-corrected chi connectivity index (χ1v) is 4.47. The number of aryl methyl sites for hydroxylation is 1. The van der Waals surface area contributed by atoms with Gasteiger partial charge in [0.25, 0.3) is 0 Å². The molecule has 0 saturated heterocycles. The highest BCUT2D eigenvalue weighted by Crippen LogP contribution is 2.31. The molecule has 0 saturated carbocycles. The zero-order valence-electron chi connectivity index (χ0n) is 8.50. The average molecular weight is 211 g/mol. The highest BCUT2D eigenvalue weighted by Gasteiger charge is 2.19. The fourth-order valence-electron chi connectivity index (χ4n) is 1.32. The third-order valence-corrected chi connectivity index (χ3v) is 2.09. The van der Waals surface area contributed by atoms with Crippen molar-refractivity contribution in [2.75, 3.05) is 0 Å². The lowest BCUT2D eigenvalue weighted by Crippen LogP contribution is -2.06. The van der Waals surface area contributed by atoms with Crippen molar-refractivity contribution in [3.63, 3.8) is 0 Å². The number of halogens is 2. The molecule has 0 aromatic heterocycles. The molecule has 0 aliphatic rings. The Labute approximate surface area is 87.3 Å². The van der Waals surface area contributed by atoms with Crippen LogP contribution in [0, 0.1) is 13.5 Å². The molecule has 0 amide bonds. The second-order valence-corrected chi connectivity index (χ2v) is 3.18. The first-order valence-electron chi connectivity index (χ1n) is 4.47. The molecule has 4 heteroatoms. The molecule has 0 radical (unpaired) electrons. The van der Waals surface area contributed by atoms with Crippen molar-refractivity contribution < 1.29 is 13.5 Å². The molecule has 80 valence electrons. The Morgan fingerprint density at radius 3 is 2.60 bits per heavy atom. The van der Waals surface area contributed by atoms with Crippen LogP contribution in [0.5, 0.6) is 5.75 Å². The van der Waals surface area contributed by atoms with E-state index in [1.54, 1.807) is 32.0 Å². The second kappa shape index (κ2) is 4.74. The predicted octanol–water partition coefficient (Wildman–Crippen LogP) is 3.58. The van der Waals surface area contributed by atoms with E-state index >= 15 is 0 Å². The number of rotatable bonds is 3. The molecule has 1 atom stereocenters. The third kappa shape index (κ3) is 2.66. The molecule has 0 aliphatic heterocycles. The van der Waals surface area contributed by atoms with Crippen LogP contribution >= 0.6 is 0 Å². The van der Waals surface area contributed by atoms with E-state index < -0.39 is 12.7 Å². The molecule has 2 nitrogen and oxygen atoms in total. The van der Waals surface area contributed by atoms with Gasteiger partial charge in [-0.05, 0) is 18.6 Å². The normalized spacial score (nSPS) is 12.3. The molecule has 15 heavy (non-hydrogen) atoms. The van der Waals surface area contributed by atoms with Crippen LogP contribution in [0.2, 0.25) is 0 Å². The fourth-order valence-corrected chi connectivity index (χ4v) is 1.32. The Balaban J connectivity index is 3.15. The van der Waals surface area contributed by atoms with E-state index in [0.717, 1.165) is 0 Å². The van der Waals surface area contributed by atoms with Crippen molar-refractivity contribution in [2.45, 2.75) is 26.5 Å². The van der Waals surface area contributed by atoms with Gasteiger partial charge in [-0.15, -0.1) is 0 Å². The maximum Gasteiger partial charge on any atom is 0.387 e. The summed E-state index contributed by atoms with van der Waals surface area (Å²) >= 11 is 0. The molecule has 1 aromatic carbocycles. The molecule has 0 heterocycles. The maximum atomic E-state index is 12.1. The van der Waals surface area contributed by atoms with Crippen molar-refractivity contribution in [2.24, 2.45) is 0 Å². The lowest BCUT2D eigenvalue weighted by molar-refractivity contribution is -0.0509. The Hall–Kier alpha value is -1.63. The van der Waals surface area contributed by atoms with E-state index in [4.69, 9.17) is 6.57 Å². The fraction of sp³-hybridized carbons (Fsp3) is 0.364. The number of ether oxygens (including phenoxy) is 1. The van der Waals surface area contributed by atoms with E-state index in [1.165, 1.54) is 0 Å². The molecule has 0 fully saturated rings. The molecular weight excluding hydrogens is 200 g/mol. The minimum atomic E-state index is -2.86. The summed E-state index contributed by atoms with van der Waals surface area (Å²) in [7, 11) is 0. The van der Waals surface area contributed by atoms with E-state index in [-0.39, 0.29) is 5.75 Å². The van der Waals surface area contributed by atoms with E-state index in [0.29, 0.717) is 11.1 Å². The zero-order valence-corrected chi connectivity index (χ0v) is 8.50. The van der Waals surface area contributed by atoms with Crippen molar-refractivity contribution in [1.82, 2.24) is 0 Å². The van der Waals surface area contributed by atoms with Crippen molar-refractivity contribution in [3.05, 3.63) is 40.7 Å². The molecule has 1 unspecified atom stereocenters. The summed E-state index contributed by atoms with van der Waals surface area (Å²) in [6.07, 6.45) is 0. The summed E-state index contributed by atoms with van der Waals surface area (Å²) in [6, 6.07) is 4.56. The van der Waals surface area contributed by atoms with Crippen LogP contribution in [0.15, 0.2) is 18.2 Å². The van der Waals surface area contributed by atoms with Gasteiger partial charge in [-0.2, -0.15) is 8.78 Å². The van der Waals surface area contributed by atoms with Gasteiger partial charge in [0.2, 0.25) is 6.04 Å². The number of hydrogen-bond donors (Lipinski definition) is 0. The number of para-hydroxylation sites is 1. The second-order valence-electron chi connectivity index (χ2n) is 3.18. The molecule has 0 bridgehead atoms. The lowest BCUT2D eigenvalue weighted by Gasteiger charge is -2.12. The largest absolute Gasteiger partial charge is 0.434 e. The quantitative estimate of drug-likeness (QED) is 0.697. The summed E-state index contributed by atoms with van der Waals surface area (Å²) in [6.45, 7) is 7.35. The number of benzene rings is 1. The third-order valence-electron chi connectivity index (χ3n) is 2.09. The van der Waals surface area contributed by atoms with Gasteiger partial charge in [-0.3, -0.25) is 0 Å². The monoisotopic (exact) mass is 211 g/mol. The van der Waals surface area contributed by atoms with Crippen LogP contribution in [-0.2, 0) is 0 Å². The molecule has 0 aliphatic carbocycles. The summed E-state index contributed by atoms with van der Waals surface area (Å²) in [4.78, 5) is 3.29. The summed E-state index contributed by atoms with van der Waals surface area (Å²) in [5.74, 6) is 0.121. The number of nitrogens with zero attached hydrogens (tertiary/aromatic N) is 1. The highest BCUT2D eigenvalue weighted by molar-refractivity contribution is 5.43. The van der Waals surface area contributed by atoms with Gasteiger partial charge in [0.15, 0.2) is 0 Å². The minimum Gasteiger partial charge on any atom is -0.434 e. The summed E-state index contributed by atoms with van der Waals surface area (Å²) in [5.41, 5.74) is 1.12. The van der Waals surface area contributed by atoms with E-state index in [1.807, 2.05) is 0 Å². The summed E-state index contributed by atoms with van der Waals surface area (Å²) in [5, 5.41) is 0. The van der Waals surface area contributed by atoms with Gasteiger partial charge < -0.3 is 9.58 Å². The molecule has 1 rings (SSSR count). The first-order chi connectivity index (χ1) is 7.06. The molecule has 0 spiro atoms. The minimum absolute atomic E-state index is 0.121. The standard InChI is InChI=1S/C11H11F2NO/c1-7-5-4-6-9(8(2)14-3)10(7)15-11(12)13/h4-6,8,11H,1-2H3. The van der Waals surface area contributed by atoms with E-state index in [2.05, 4.69) is 9.58 Å². The Morgan fingerprint density at radius 1 is 1.40 bits per heavy atom. The number of hydrogen-bond acceptors (Lipinski definition) is 1. The smallest absolute Gasteiger partial charge is 0.387 e. The maximum absolute atomic E-state index is 12.1. The van der Waals surface area contributed by atoms with Crippen LogP contribution in [0.3, 0.4) is 0 Å². The molecule has 1 aromatic rings. The van der Waals surface area contributed by atoms with Gasteiger partial charge in [0.1, 0.15) is 5.75 Å². The Bertz CT molecular complexity index is 385. The van der Waals surface area contributed by atoms with E-state index in [9.17, 15) is 8.78 Å². The Kier molecular flexibility index (Phi) is 3.62. The molecule has 0 N–H and O–H groups in total. The highest BCUT2D eigenvalue weighted by atomic mass is 19.3. The van der Waals surface area contributed by atoms with Crippen LogP contribution < -0.4 is 4.74 Å². The molecular formula is C11H11F2NO. The van der Waals surface area contributed by atoms with Gasteiger partial charge in [0.05, 0.1) is 5.56 Å². The van der Waals surface area contributed by atoms with Gasteiger partial charge in [-0.25, -0.2) is 6.57 Å². The predicted molar refractivity (Wildman–Crippen MR) is 52.8 cm³/mol. The first kappa shape index (κ1) is 11.4. The Morgan fingerprint density at radius 2 is 2.07 bits per heavy atom. The van der Waals surface area contributed by atoms with Crippen molar-refractivity contribution in [3.8, 4) is 5.75 Å². The van der Waals surface area contributed by atoms with Crippen molar-refractivity contribution >= 4 is 0 Å². The SMILES string of the molecule is [C-]#[N+]C(C)c1cccc(C)c1OC(F)F. The average Bonchev–Trinajstić information content (AvgIpc) is 2.19. The van der Waals surface area contributed by atoms with Crippen LogP contribution in [0.25, 0.3) is 4.85 Å². The van der Waals surface area contributed by atoms with Crippen LogP contribution in [0.4, 0.5) is 8.78 Å². The van der Waals surface area contributed by atoms with Gasteiger partial charge >= 0.3 is 6.61 Å². The van der Waals surface area contributed by atoms with Gasteiger partial charge in [-0.1, -0.05) is 12.1 Å². The topological polar surface area (TPSA) is 13.6 Å². The van der Waals surface area contributed by atoms with Crippen LogP contribution in [-0.4, -0.2) is 6.61 Å². The lowest BCUT2D eigenvalue weighted by atomic mass is 10.0. The number of alkyl halides is 2. The summed E-state index contributed by atoms with van der Waals surface area (Å²) < 4.78 is 28.7. The van der Waals surface area contributed by atoms with Crippen molar-refractivity contribution in [1.29, 1.82) is 0 Å². The zero-order chi connectivity index (χ0) is 11.4. The van der Waals surface area contributed by atoms with Crippen LogP contribution in [0.1, 0.15) is 24.1 Å². The van der Waals surface area contributed by atoms with Gasteiger partial charge in [0, 0.05) is 6.92 Å².